The molecule has 0 saturated carbocycles. The van der Waals surface area contributed by atoms with Crippen LogP contribution in [0.15, 0.2) is 35.2 Å². The summed E-state index contributed by atoms with van der Waals surface area (Å²) in [6, 6.07) is 8.55. The van der Waals surface area contributed by atoms with Gasteiger partial charge < -0.3 is 4.90 Å². The molecule has 124 valence electrons. The van der Waals surface area contributed by atoms with Crippen molar-refractivity contribution < 1.29 is 8.42 Å². The lowest BCUT2D eigenvalue weighted by atomic mass is 9.92. The summed E-state index contributed by atoms with van der Waals surface area (Å²) in [6.45, 7) is 8.57. The maximum atomic E-state index is 12.1. The molecule has 0 aromatic heterocycles. The average molecular weight is 324 g/mol. The van der Waals surface area contributed by atoms with Crippen molar-refractivity contribution in [3.05, 3.63) is 30.3 Å². The van der Waals surface area contributed by atoms with Crippen molar-refractivity contribution in [3.8, 4) is 0 Å². The van der Waals surface area contributed by atoms with Gasteiger partial charge in [0.1, 0.15) is 0 Å². The molecule has 2 atom stereocenters. The fourth-order valence-corrected chi connectivity index (χ4v) is 4.42. The molecule has 1 saturated heterocycles. The predicted octanol–water partition coefficient (Wildman–Crippen LogP) is 2.72. The highest BCUT2D eigenvalue weighted by molar-refractivity contribution is 7.89. The molecule has 1 aliphatic rings. The SMILES string of the molecule is CC1CC(C)CN(CCCCNS(=O)(=O)c2ccccc2)C1. The van der Waals surface area contributed by atoms with Gasteiger partial charge in [-0.3, -0.25) is 0 Å². The van der Waals surface area contributed by atoms with Gasteiger partial charge in [0.05, 0.1) is 4.90 Å². The molecule has 5 heteroatoms. The van der Waals surface area contributed by atoms with Crippen molar-refractivity contribution in [3.63, 3.8) is 0 Å². The van der Waals surface area contributed by atoms with Crippen molar-refractivity contribution >= 4 is 10.0 Å². The molecular formula is C17H28N2O2S. The van der Waals surface area contributed by atoms with Gasteiger partial charge in [-0.2, -0.15) is 0 Å². The zero-order valence-electron chi connectivity index (χ0n) is 13.7. The van der Waals surface area contributed by atoms with Gasteiger partial charge in [-0.25, -0.2) is 13.1 Å². The Morgan fingerprint density at radius 2 is 1.73 bits per heavy atom. The molecule has 4 nitrogen and oxygen atoms in total. The van der Waals surface area contributed by atoms with Crippen LogP contribution < -0.4 is 4.72 Å². The first-order valence-corrected chi connectivity index (χ1v) is 9.73. The lowest BCUT2D eigenvalue weighted by Gasteiger charge is -2.34. The molecule has 1 fully saturated rings. The molecule has 1 aromatic rings. The zero-order valence-corrected chi connectivity index (χ0v) is 14.5. The lowest BCUT2D eigenvalue weighted by Crippen LogP contribution is -2.39. The molecule has 0 spiro atoms. The molecule has 0 radical (unpaired) electrons. The van der Waals surface area contributed by atoms with Crippen LogP contribution in [-0.4, -0.2) is 39.5 Å². The number of rotatable bonds is 7. The van der Waals surface area contributed by atoms with Crippen molar-refractivity contribution in [2.75, 3.05) is 26.2 Å². The minimum atomic E-state index is -3.35. The molecular weight excluding hydrogens is 296 g/mol. The second kappa shape index (κ2) is 8.09. The Balaban J connectivity index is 1.67. The number of benzene rings is 1. The first-order chi connectivity index (χ1) is 10.5. The molecule has 1 aliphatic heterocycles. The van der Waals surface area contributed by atoms with Gasteiger partial charge in [0.25, 0.3) is 0 Å². The summed E-state index contributed by atoms with van der Waals surface area (Å²) in [5.41, 5.74) is 0. The van der Waals surface area contributed by atoms with E-state index in [2.05, 4.69) is 23.5 Å². The largest absolute Gasteiger partial charge is 0.303 e. The molecule has 0 aliphatic carbocycles. The Morgan fingerprint density at radius 3 is 2.36 bits per heavy atom. The van der Waals surface area contributed by atoms with Gasteiger partial charge in [-0.15, -0.1) is 0 Å². The van der Waals surface area contributed by atoms with Crippen molar-refractivity contribution in [1.29, 1.82) is 0 Å². The van der Waals surface area contributed by atoms with Crippen LogP contribution in [0.4, 0.5) is 0 Å². The van der Waals surface area contributed by atoms with Gasteiger partial charge in [0.15, 0.2) is 0 Å². The van der Waals surface area contributed by atoms with E-state index in [4.69, 9.17) is 0 Å². The van der Waals surface area contributed by atoms with Crippen LogP contribution in [0.3, 0.4) is 0 Å². The van der Waals surface area contributed by atoms with E-state index in [0.29, 0.717) is 11.4 Å². The Hall–Kier alpha value is -0.910. The average Bonchev–Trinajstić information content (AvgIpc) is 2.47. The van der Waals surface area contributed by atoms with Gasteiger partial charge >= 0.3 is 0 Å². The molecule has 1 aromatic carbocycles. The fourth-order valence-electron chi connectivity index (χ4n) is 3.32. The Kier molecular flexibility index (Phi) is 6.41. The number of unbranched alkanes of at least 4 members (excludes halogenated alkanes) is 1. The van der Waals surface area contributed by atoms with Crippen molar-refractivity contribution in [2.45, 2.75) is 38.0 Å². The summed E-state index contributed by atoms with van der Waals surface area (Å²) in [5, 5.41) is 0. The third-order valence-corrected chi connectivity index (χ3v) is 5.67. The van der Waals surface area contributed by atoms with E-state index in [1.165, 1.54) is 19.5 Å². The number of hydrogen-bond donors (Lipinski definition) is 1. The topological polar surface area (TPSA) is 49.4 Å². The number of piperidine rings is 1. The Morgan fingerprint density at radius 1 is 1.09 bits per heavy atom. The summed E-state index contributed by atoms with van der Waals surface area (Å²) in [5.74, 6) is 1.56. The van der Waals surface area contributed by atoms with Gasteiger partial charge in [0.2, 0.25) is 10.0 Å². The molecule has 22 heavy (non-hydrogen) atoms. The molecule has 0 bridgehead atoms. The van der Waals surface area contributed by atoms with Crippen LogP contribution in [-0.2, 0) is 10.0 Å². The third kappa shape index (κ3) is 5.38. The normalized spacial score (nSPS) is 23.5. The molecule has 1 heterocycles. The minimum absolute atomic E-state index is 0.341. The summed E-state index contributed by atoms with van der Waals surface area (Å²) >= 11 is 0. The second-order valence-corrected chi connectivity index (χ2v) is 8.39. The van der Waals surface area contributed by atoms with E-state index >= 15 is 0 Å². The number of sulfonamides is 1. The molecule has 0 amide bonds. The molecule has 1 N–H and O–H groups in total. The first kappa shape index (κ1) is 17.4. The van der Waals surface area contributed by atoms with Gasteiger partial charge in [-0.05, 0) is 49.8 Å². The summed E-state index contributed by atoms with van der Waals surface area (Å²) in [6.07, 6.45) is 3.25. The van der Waals surface area contributed by atoms with Crippen LogP contribution in [0.25, 0.3) is 0 Å². The highest BCUT2D eigenvalue weighted by Crippen LogP contribution is 2.21. The maximum absolute atomic E-state index is 12.1. The number of nitrogens with zero attached hydrogens (tertiary/aromatic N) is 1. The van der Waals surface area contributed by atoms with Crippen LogP contribution in [0, 0.1) is 11.8 Å². The molecule has 2 rings (SSSR count). The first-order valence-electron chi connectivity index (χ1n) is 8.24. The smallest absolute Gasteiger partial charge is 0.240 e. The quantitative estimate of drug-likeness (QED) is 0.785. The maximum Gasteiger partial charge on any atom is 0.240 e. The van der Waals surface area contributed by atoms with E-state index in [-0.39, 0.29) is 0 Å². The monoisotopic (exact) mass is 324 g/mol. The summed E-state index contributed by atoms with van der Waals surface area (Å²) in [4.78, 5) is 2.86. The van der Waals surface area contributed by atoms with E-state index in [1.54, 1.807) is 24.3 Å². The van der Waals surface area contributed by atoms with Gasteiger partial charge in [0, 0.05) is 19.6 Å². The van der Waals surface area contributed by atoms with Crippen LogP contribution >= 0.6 is 0 Å². The highest BCUT2D eigenvalue weighted by atomic mass is 32.2. The summed E-state index contributed by atoms with van der Waals surface area (Å²) < 4.78 is 26.8. The third-order valence-electron chi connectivity index (χ3n) is 4.19. The second-order valence-electron chi connectivity index (χ2n) is 6.62. The van der Waals surface area contributed by atoms with Crippen LogP contribution in [0.2, 0.25) is 0 Å². The number of hydrogen-bond acceptors (Lipinski definition) is 3. The minimum Gasteiger partial charge on any atom is -0.303 e. The molecule has 2 unspecified atom stereocenters. The van der Waals surface area contributed by atoms with E-state index < -0.39 is 10.0 Å². The van der Waals surface area contributed by atoms with E-state index in [0.717, 1.165) is 31.2 Å². The fraction of sp³-hybridized carbons (Fsp3) is 0.647. The Labute approximate surface area is 135 Å². The van der Waals surface area contributed by atoms with Gasteiger partial charge in [-0.1, -0.05) is 32.0 Å². The number of likely N-dealkylation sites (tertiary alicyclic amines) is 1. The number of nitrogens with one attached hydrogen (secondary N) is 1. The Bertz CT molecular complexity index is 535. The standard InChI is InChI=1S/C17H28N2O2S/c1-15-12-16(2)14-19(13-15)11-7-6-10-18-22(20,21)17-8-4-3-5-9-17/h3-5,8-9,15-16,18H,6-7,10-14H2,1-2H3. The highest BCUT2D eigenvalue weighted by Gasteiger charge is 2.21. The van der Waals surface area contributed by atoms with Crippen molar-refractivity contribution in [1.82, 2.24) is 9.62 Å². The predicted molar refractivity (Wildman–Crippen MR) is 90.2 cm³/mol. The zero-order chi connectivity index (χ0) is 16.0. The lowest BCUT2D eigenvalue weighted by molar-refractivity contribution is 0.139. The van der Waals surface area contributed by atoms with Crippen molar-refractivity contribution in [2.24, 2.45) is 11.8 Å². The van der Waals surface area contributed by atoms with Crippen LogP contribution in [0.1, 0.15) is 33.1 Å². The van der Waals surface area contributed by atoms with Crippen LogP contribution in [0.5, 0.6) is 0 Å². The summed E-state index contributed by atoms with van der Waals surface area (Å²) in [7, 11) is -3.35. The van der Waals surface area contributed by atoms with E-state index in [9.17, 15) is 8.42 Å². The van der Waals surface area contributed by atoms with E-state index in [1.807, 2.05) is 6.07 Å².